The third kappa shape index (κ3) is 2.88. The van der Waals surface area contributed by atoms with E-state index in [4.69, 9.17) is 5.73 Å². The van der Waals surface area contributed by atoms with E-state index in [1.165, 1.54) is 4.68 Å². The minimum Gasteiger partial charge on any atom is -0.325 e. The molecule has 2 heterocycles. The number of nitrogens with one attached hydrogen (secondary N) is 1. The summed E-state index contributed by atoms with van der Waals surface area (Å²) in [6.07, 6.45) is 3.38. The van der Waals surface area contributed by atoms with Crippen LogP contribution in [0.25, 0.3) is 0 Å². The summed E-state index contributed by atoms with van der Waals surface area (Å²) in [4.78, 5) is 11.6. The molecule has 8 heteroatoms. The van der Waals surface area contributed by atoms with Gasteiger partial charge < -0.3 is 11.1 Å². The third-order valence-corrected chi connectivity index (χ3v) is 2.08. The van der Waals surface area contributed by atoms with Crippen LogP contribution in [0.3, 0.4) is 0 Å². The van der Waals surface area contributed by atoms with Gasteiger partial charge in [0.05, 0.1) is 11.9 Å². The summed E-state index contributed by atoms with van der Waals surface area (Å²) in [5.41, 5.74) is 6.04. The van der Waals surface area contributed by atoms with E-state index in [0.29, 0.717) is 18.1 Å². The summed E-state index contributed by atoms with van der Waals surface area (Å²) < 4.78 is 3.04. The quantitative estimate of drug-likeness (QED) is 0.715. The third-order valence-electron chi connectivity index (χ3n) is 2.08. The second-order valence-corrected chi connectivity index (χ2v) is 3.53. The lowest BCUT2D eigenvalue weighted by atomic mass is 10.5. The van der Waals surface area contributed by atoms with Crippen LogP contribution in [-0.4, -0.2) is 30.7 Å². The van der Waals surface area contributed by atoms with Crippen LogP contribution in [0.5, 0.6) is 0 Å². The van der Waals surface area contributed by atoms with Gasteiger partial charge in [-0.15, -0.1) is 5.10 Å². The number of carbonyl (C=O) groups excluding carboxylic acids is 1. The van der Waals surface area contributed by atoms with Crippen LogP contribution in [0.15, 0.2) is 18.5 Å². The molecule has 3 N–H and O–H groups in total. The summed E-state index contributed by atoms with van der Waals surface area (Å²) >= 11 is 0. The van der Waals surface area contributed by atoms with E-state index < -0.39 is 0 Å². The van der Waals surface area contributed by atoms with Crippen LogP contribution in [0.2, 0.25) is 0 Å². The highest BCUT2D eigenvalue weighted by molar-refractivity contribution is 5.89. The van der Waals surface area contributed by atoms with E-state index in [-0.39, 0.29) is 12.5 Å². The maximum absolute atomic E-state index is 11.6. The molecule has 2 aromatic heterocycles. The second kappa shape index (κ2) is 4.74. The van der Waals surface area contributed by atoms with Crippen LogP contribution in [0.1, 0.15) is 5.69 Å². The monoisotopic (exact) mass is 235 g/mol. The van der Waals surface area contributed by atoms with Crippen molar-refractivity contribution < 1.29 is 4.79 Å². The maximum atomic E-state index is 11.6. The molecule has 0 unspecified atom stereocenters. The average Bonchev–Trinajstić information content (AvgIpc) is 2.88. The van der Waals surface area contributed by atoms with Crippen molar-refractivity contribution in [1.82, 2.24) is 24.8 Å². The molecule has 8 nitrogen and oxygen atoms in total. The molecule has 17 heavy (non-hydrogen) atoms. The number of nitrogens with zero attached hydrogens (tertiary/aromatic N) is 5. The van der Waals surface area contributed by atoms with Gasteiger partial charge in [0.15, 0.2) is 5.82 Å². The van der Waals surface area contributed by atoms with Crippen molar-refractivity contribution in [2.75, 3.05) is 5.32 Å². The first-order valence-electron chi connectivity index (χ1n) is 5.06. The fraction of sp³-hybridized carbons (Fsp3) is 0.333. The second-order valence-electron chi connectivity index (χ2n) is 3.53. The Balaban J connectivity index is 1.93. The van der Waals surface area contributed by atoms with E-state index in [1.54, 1.807) is 30.2 Å². The minimum atomic E-state index is -0.211. The summed E-state index contributed by atoms with van der Waals surface area (Å²) in [6.45, 7) is 0.394. The summed E-state index contributed by atoms with van der Waals surface area (Å²) in [6, 6.07) is 1.71. The standard InChI is InChI=1S/C9H13N7O/c1-15-3-2-8(13-15)11-9(17)6-16-5-7(4-10)12-14-16/h2-3,5H,4,6,10H2,1H3,(H,11,13,17). The van der Waals surface area contributed by atoms with Gasteiger partial charge in [0, 0.05) is 25.9 Å². The minimum absolute atomic E-state index is 0.0869. The molecule has 2 rings (SSSR count). The lowest BCUT2D eigenvalue weighted by molar-refractivity contribution is -0.116. The Hall–Kier alpha value is -2.22. The predicted octanol–water partition coefficient (Wildman–Crippen LogP) is -0.891. The topological polar surface area (TPSA) is 104 Å². The van der Waals surface area contributed by atoms with Crippen LogP contribution in [0, 0.1) is 0 Å². The van der Waals surface area contributed by atoms with Gasteiger partial charge in [0.1, 0.15) is 6.54 Å². The van der Waals surface area contributed by atoms with Gasteiger partial charge >= 0.3 is 0 Å². The smallest absolute Gasteiger partial charge is 0.247 e. The molecule has 0 aromatic carbocycles. The number of anilines is 1. The highest BCUT2D eigenvalue weighted by Crippen LogP contribution is 2.01. The van der Waals surface area contributed by atoms with Crippen LogP contribution in [0.4, 0.5) is 5.82 Å². The van der Waals surface area contributed by atoms with Gasteiger partial charge in [-0.05, 0) is 0 Å². The lowest BCUT2D eigenvalue weighted by Crippen LogP contribution is -2.19. The van der Waals surface area contributed by atoms with Gasteiger partial charge in [0.25, 0.3) is 0 Å². The zero-order valence-electron chi connectivity index (χ0n) is 9.37. The fourth-order valence-electron chi connectivity index (χ4n) is 1.32. The molecule has 0 bridgehead atoms. The highest BCUT2D eigenvalue weighted by Gasteiger charge is 2.07. The van der Waals surface area contributed by atoms with Crippen LogP contribution in [-0.2, 0) is 24.9 Å². The molecular weight excluding hydrogens is 222 g/mol. The molecule has 0 fully saturated rings. The Kier molecular flexibility index (Phi) is 3.15. The number of carbonyl (C=O) groups is 1. The average molecular weight is 235 g/mol. The number of hydrogen-bond donors (Lipinski definition) is 2. The van der Waals surface area contributed by atoms with Crippen molar-refractivity contribution in [2.45, 2.75) is 13.1 Å². The Morgan fingerprint density at radius 3 is 3.00 bits per heavy atom. The number of rotatable bonds is 4. The van der Waals surface area contributed by atoms with Gasteiger partial charge in [-0.1, -0.05) is 5.21 Å². The maximum Gasteiger partial charge on any atom is 0.247 e. The highest BCUT2D eigenvalue weighted by atomic mass is 16.2. The molecule has 90 valence electrons. The predicted molar refractivity (Wildman–Crippen MR) is 59.8 cm³/mol. The zero-order chi connectivity index (χ0) is 12.3. The van der Waals surface area contributed by atoms with Crippen molar-refractivity contribution in [3.8, 4) is 0 Å². The van der Waals surface area contributed by atoms with Crippen molar-refractivity contribution in [1.29, 1.82) is 0 Å². The molecule has 0 atom stereocenters. The Bertz CT molecular complexity index is 515. The largest absolute Gasteiger partial charge is 0.325 e. The summed E-state index contributed by atoms with van der Waals surface area (Å²) in [7, 11) is 1.78. The zero-order valence-corrected chi connectivity index (χ0v) is 9.37. The molecule has 1 amide bonds. The van der Waals surface area contributed by atoms with Gasteiger partial charge in [-0.25, -0.2) is 4.68 Å². The SMILES string of the molecule is Cn1ccc(NC(=O)Cn2cc(CN)nn2)n1. The first-order valence-corrected chi connectivity index (χ1v) is 5.06. The molecular formula is C9H13N7O. The number of nitrogens with two attached hydrogens (primary N) is 1. The fourth-order valence-corrected chi connectivity index (χ4v) is 1.32. The molecule has 0 saturated carbocycles. The molecule has 0 saturated heterocycles. The number of hydrogen-bond acceptors (Lipinski definition) is 5. The van der Waals surface area contributed by atoms with Crippen molar-refractivity contribution in [3.63, 3.8) is 0 Å². The van der Waals surface area contributed by atoms with Crippen molar-refractivity contribution >= 4 is 11.7 Å². The van der Waals surface area contributed by atoms with E-state index in [9.17, 15) is 4.79 Å². The van der Waals surface area contributed by atoms with E-state index in [1.807, 2.05) is 0 Å². The summed E-state index contributed by atoms with van der Waals surface area (Å²) in [5, 5.41) is 14.2. The Morgan fingerprint density at radius 2 is 2.41 bits per heavy atom. The Morgan fingerprint density at radius 1 is 1.59 bits per heavy atom. The normalized spacial score (nSPS) is 10.5. The van der Waals surface area contributed by atoms with Gasteiger partial charge in [0.2, 0.25) is 5.91 Å². The van der Waals surface area contributed by atoms with Crippen LogP contribution >= 0.6 is 0 Å². The molecule has 0 radical (unpaired) electrons. The number of aromatic nitrogens is 5. The lowest BCUT2D eigenvalue weighted by Gasteiger charge is -2.00. The number of aryl methyl sites for hydroxylation is 1. The molecule has 2 aromatic rings. The number of amides is 1. The van der Waals surface area contributed by atoms with E-state index in [0.717, 1.165) is 0 Å². The first kappa shape index (κ1) is 11.3. The molecule has 0 aliphatic heterocycles. The van der Waals surface area contributed by atoms with E-state index in [2.05, 4.69) is 20.7 Å². The molecule has 0 aliphatic carbocycles. The van der Waals surface area contributed by atoms with Crippen molar-refractivity contribution in [3.05, 3.63) is 24.2 Å². The van der Waals surface area contributed by atoms with Crippen LogP contribution < -0.4 is 11.1 Å². The molecule has 0 spiro atoms. The summed E-state index contributed by atoms with van der Waals surface area (Å²) in [5.74, 6) is 0.300. The molecule has 0 aliphatic rings. The Labute approximate surface area is 97.4 Å². The first-order chi connectivity index (χ1) is 8.17. The van der Waals surface area contributed by atoms with Gasteiger partial charge in [-0.2, -0.15) is 5.10 Å². The van der Waals surface area contributed by atoms with Gasteiger partial charge in [-0.3, -0.25) is 9.48 Å². The van der Waals surface area contributed by atoms with Crippen molar-refractivity contribution in [2.24, 2.45) is 12.8 Å². The van der Waals surface area contributed by atoms with E-state index >= 15 is 0 Å².